The van der Waals surface area contributed by atoms with Crippen molar-refractivity contribution in [3.05, 3.63) is 0 Å². The van der Waals surface area contributed by atoms with Crippen LogP contribution in [0.1, 0.15) is 25.7 Å². The van der Waals surface area contributed by atoms with Crippen molar-refractivity contribution in [2.75, 3.05) is 31.6 Å². The van der Waals surface area contributed by atoms with Crippen LogP contribution >= 0.6 is 0 Å². The van der Waals surface area contributed by atoms with Gasteiger partial charge in [-0.3, -0.25) is 4.21 Å². The van der Waals surface area contributed by atoms with Crippen LogP contribution in [0, 0.1) is 0 Å². The van der Waals surface area contributed by atoms with Crippen molar-refractivity contribution in [1.82, 2.24) is 10.6 Å². The molecule has 84 valence electrons. The highest BCUT2D eigenvalue weighted by atomic mass is 32.2. The lowest BCUT2D eigenvalue weighted by molar-refractivity contribution is 0.405. The summed E-state index contributed by atoms with van der Waals surface area (Å²) >= 11 is 0. The summed E-state index contributed by atoms with van der Waals surface area (Å²) < 4.78 is 10.9. The van der Waals surface area contributed by atoms with Crippen molar-refractivity contribution in [3.63, 3.8) is 0 Å². The molecule has 0 spiro atoms. The Bertz CT molecular complexity index is 168. The van der Waals surface area contributed by atoms with Gasteiger partial charge in [0.25, 0.3) is 0 Å². The predicted octanol–water partition coefficient (Wildman–Crippen LogP) is 0.487. The summed E-state index contributed by atoms with van der Waals surface area (Å²) in [5, 5.41) is 6.91. The van der Waals surface area contributed by atoms with Crippen molar-refractivity contribution in [3.8, 4) is 0 Å². The van der Waals surface area contributed by atoms with Crippen molar-refractivity contribution in [2.24, 2.45) is 0 Å². The van der Waals surface area contributed by atoms with Gasteiger partial charge < -0.3 is 10.6 Å². The van der Waals surface area contributed by atoms with Gasteiger partial charge in [-0.25, -0.2) is 0 Å². The molecule has 1 atom stereocenters. The van der Waals surface area contributed by atoms with Crippen LogP contribution in [0.25, 0.3) is 0 Å². The van der Waals surface area contributed by atoms with Gasteiger partial charge >= 0.3 is 0 Å². The van der Waals surface area contributed by atoms with E-state index in [2.05, 4.69) is 10.6 Å². The summed E-state index contributed by atoms with van der Waals surface area (Å²) in [5.74, 6) is 0.786. The average molecular weight is 218 g/mol. The molecule has 1 rings (SSSR count). The van der Waals surface area contributed by atoms with Crippen LogP contribution in [0.4, 0.5) is 0 Å². The van der Waals surface area contributed by atoms with Gasteiger partial charge in [-0.2, -0.15) is 0 Å². The first-order valence-electron chi connectivity index (χ1n) is 5.53. The minimum Gasteiger partial charge on any atom is -0.317 e. The number of hydrogen-bond acceptors (Lipinski definition) is 3. The molecule has 0 amide bonds. The molecule has 0 aromatic heterocycles. The Morgan fingerprint density at radius 2 is 2.00 bits per heavy atom. The molecule has 0 aliphatic carbocycles. The predicted molar refractivity (Wildman–Crippen MR) is 62.1 cm³/mol. The molecule has 0 aromatic carbocycles. The first-order valence-corrected chi connectivity index (χ1v) is 7.26. The summed E-state index contributed by atoms with van der Waals surface area (Å²) in [6, 6.07) is 0.653. The molecule has 3 nitrogen and oxygen atoms in total. The third kappa shape index (κ3) is 5.73. The molecule has 1 aliphatic heterocycles. The SMILES string of the molecule is CS(=O)CCNC1CCCNCCC1. The first kappa shape index (κ1) is 12.1. The first-order chi connectivity index (χ1) is 6.79. The fourth-order valence-electron chi connectivity index (χ4n) is 1.83. The van der Waals surface area contributed by atoms with Gasteiger partial charge in [-0.15, -0.1) is 0 Å². The van der Waals surface area contributed by atoms with Crippen LogP contribution < -0.4 is 10.6 Å². The Morgan fingerprint density at radius 1 is 1.36 bits per heavy atom. The van der Waals surface area contributed by atoms with Crippen LogP contribution in [0.2, 0.25) is 0 Å². The fourth-order valence-corrected chi connectivity index (χ4v) is 2.23. The van der Waals surface area contributed by atoms with Gasteiger partial charge in [0.15, 0.2) is 0 Å². The Hall–Kier alpha value is 0.0700. The van der Waals surface area contributed by atoms with Crippen LogP contribution in [0.15, 0.2) is 0 Å². The normalized spacial score (nSPS) is 22.6. The molecule has 1 unspecified atom stereocenters. The Morgan fingerprint density at radius 3 is 2.57 bits per heavy atom. The standard InChI is InChI=1S/C10H22N2OS/c1-14(13)9-8-12-10-4-2-6-11-7-3-5-10/h10-12H,2-9H2,1H3. The highest BCUT2D eigenvalue weighted by molar-refractivity contribution is 7.84. The fraction of sp³-hybridized carbons (Fsp3) is 1.00. The topological polar surface area (TPSA) is 41.1 Å². The van der Waals surface area contributed by atoms with Crippen molar-refractivity contribution in [1.29, 1.82) is 0 Å². The van der Waals surface area contributed by atoms with E-state index in [1.54, 1.807) is 6.26 Å². The van der Waals surface area contributed by atoms with Crippen molar-refractivity contribution >= 4 is 10.8 Å². The second kappa shape index (κ2) is 7.37. The zero-order valence-corrected chi connectivity index (χ0v) is 9.87. The molecule has 0 bridgehead atoms. The minimum atomic E-state index is -0.653. The van der Waals surface area contributed by atoms with Gasteiger partial charge in [0.1, 0.15) is 0 Å². The van der Waals surface area contributed by atoms with E-state index in [-0.39, 0.29) is 0 Å². The molecular formula is C10H22N2OS. The molecule has 2 N–H and O–H groups in total. The second-order valence-corrected chi connectivity index (χ2v) is 5.52. The van der Waals surface area contributed by atoms with E-state index in [0.717, 1.165) is 25.4 Å². The maximum Gasteiger partial charge on any atom is 0.0357 e. The van der Waals surface area contributed by atoms with Crippen LogP contribution in [-0.2, 0) is 10.8 Å². The zero-order valence-electron chi connectivity index (χ0n) is 9.05. The zero-order chi connectivity index (χ0) is 10.2. The smallest absolute Gasteiger partial charge is 0.0357 e. The number of hydrogen-bond donors (Lipinski definition) is 2. The lowest BCUT2D eigenvalue weighted by Crippen LogP contribution is -2.35. The van der Waals surface area contributed by atoms with E-state index in [1.807, 2.05) is 0 Å². The molecule has 0 saturated carbocycles. The van der Waals surface area contributed by atoms with E-state index in [0.29, 0.717) is 6.04 Å². The maximum atomic E-state index is 10.9. The summed E-state index contributed by atoms with van der Waals surface area (Å²) in [5.41, 5.74) is 0. The largest absolute Gasteiger partial charge is 0.317 e. The molecule has 1 aliphatic rings. The summed E-state index contributed by atoms with van der Waals surface area (Å²) in [4.78, 5) is 0. The van der Waals surface area contributed by atoms with Gasteiger partial charge in [-0.1, -0.05) is 0 Å². The van der Waals surface area contributed by atoms with Gasteiger partial charge in [0, 0.05) is 35.4 Å². The third-order valence-corrected chi connectivity index (χ3v) is 3.41. The van der Waals surface area contributed by atoms with E-state index < -0.39 is 10.8 Å². The Kier molecular flexibility index (Phi) is 6.39. The molecule has 1 heterocycles. The molecule has 4 heteroatoms. The van der Waals surface area contributed by atoms with Crippen molar-refractivity contribution in [2.45, 2.75) is 31.7 Å². The third-order valence-electron chi connectivity index (χ3n) is 2.63. The lowest BCUT2D eigenvalue weighted by atomic mass is 10.0. The van der Waals surface area contributed by atoms with Crippen LogP contribution in [0.3, 0.4) is 0 Å². The molecule has 1 fully saturated rings. The van der Waals surface area contributed by atoms with Gasteiger partial charge in [-0.05, 0) is 38.8 Å². The van der Waals surface area contributed by atoms with E-state index in [1.165, 1.54) is 25.7 Å². The summed E-state index contributed by atoms with van der Waals surface area (Å²) in [6.45, 7) is 3.21. The number of rotatable bonds is 4. The maximum absolute atomic E-state index is 10.9. The van der Waals surface area contributed by atoms with Crippen molar-refractivity contribution < 1.29 is 4.21 Å². The highest BCUT2D eigenvalue weighted by Gasteiger charge is 2.09. The lowest BCUT2D eigenvalue weighted by Gasteiger charge is -2.21. The van der Waals surface area contributed by atoms with E-state index >= 15 is 0 Å². The average Bonchev–Trinajstić information content (AvgIpc) is 2.07. The Balaban J connectivity index is 2.10. The van der Waals surface area contributed by atoms with Crippen LogP contribution in [0.5, 0.6) is 0 Å². The molecular weight excluding hydrogens is 196 g/mol. The van der Waals surface area contributed by atoms with Crippen LogP contribution in [-0.4, -0.2) is 41.9 Å². The quantitative estimate of drug-likeness (QED) is 0.721. The summed E-state index contributed by atoms with van der Waals surface area (Å²) in [6.07, 6.45) is 6.79. The summed E-state index contributed by atoms with van der Waals surface area (Å²) in [7, 11) is -0.653. The highest BCUT2D eigenvalue weighted by Crippen LogP contribution is 2.06. The van der Waals surface area contributed by atoms with Gasteiger partial charge in [0.05, 0.1) is 0 Å². The Labute approximate surface area is 89.5 Å². The second-order valence-electron chi connectivity index (χ2n) is 3.96. The number of nitrogens with one attached hydrogen (secondary N) is 2. The minimum absolute atomic E-state index is 0.653. The molecule has 1 saturated heterocycles. The molecule has 0 aromatic rings. The molecule has 0 radical (unpaired) electrons. The van der Waals surface area contributed by atoms with E-state index in [4.69, 9.17) is 0 Å². The molecule has 14 heavy (non-hydrogen) atoms. The van der Waals surface area contributed by atoms with Gasteiger partial charge in [0.2, 0.25) is 0 Å². The van der Waals surface area contributed by atoms with E-state index in [9.17, 15) is 4.21 Å². The monoisotopic (exact) mass is 218 g/mol.